The maximum atomic E-state index is 11.9. The SMILES string of the molecule is Cc1ccc(/C=C/C(=O)c2cnn(C(C)C)c2)s1. The van der Waals surface area contributed by atoms with E-state index in [1.165, 1.54) is 4.88 Å². The molecule has 0 aliphatic rings. The molecule has 18 heavy (non-hydrogen) atoms. The molecule has 0 unspecified atom stereocenters. The minimum Gasteiger partial charge on any atom is -0.289 e. The normalized spacial score (nSPS) is 11.6. The first-order valence-electron chi connectivity index (χ1n) is 5.89. The summed E-state index contributed by atoms with van der Waals surface area (Å²) >= 11 is 1.68. The molecule has 0 radical (unpaired) electrons. The van der Waals surface area contributed by atoms with Gasteiger partial charge in [0.15, 0.2) is 5.78 Å². The van der Waals surface area contributed by atoms with Gasteiger partial charge in [-0.2, -0.15) is 5.10 Å². The number of ketones is 1. The first kappa shape index (κ1) is 12.8. The second kappa shape index (κ2) is 5.31. The van der Waals surface area contributed by atoms with Gasteiger partial charge >= 0.3 is 0 Å². The molecule has 0 saturated carbocycles. The molecule has 2 heterocycles. The lowest BCUT2D eigenvalue weighted by Gasteiger charge is -2.02. The van der Waals surface area contributed by atoms with E-state index in [4.69, 9.17) is 0 Å². The van der Waals surface area contributed by atoms with E-state index in [2.05, 4.69) is 12.0 Å². The Kier molecular flexibility index (Phi) is 3.77. The minimum atomic E-state index is -0.00652. The number of allylic oxidation sites excluding steroid dienone is 1. The first-order valence-corrected chi connectivity index (χ1v) is 6.71. The van der Waals surface area contributed by atoms with Gasteiger partial charge in [-0.3, -0.25) is 9.48 Å². The fourth-order valence-corrected chi connectivity index (χ4v) is 2.32. The van der Waals surface area contributed by atoms with Gasteiger partial charge in [0.2, 0.25) is 0 Å². The molecule has 2 rings (SSSR count). The van der Waals surface area contributed by atoms with Crippen LogP contribution in [0.2, 0.25) is 0 Å². The van der Waals surface area contributed by atoms with Crippen LogP contribution in [-0.2, 0) is 0 Å². The van der Waals surface area contributed by atoms with Crippen LogP contribution in [0.3, 0.4) is 0 Å². The highest BCUT2D eigenvalue weighted by Crippen LogP contribution is 2.17. The summed E-state index contributed by atoms with van der Waals surface area (Å²) < 4.78 is 1.79. The van der Waals surface area contributed by atoms with Crippen molar-refractivity contribution >= 4 is 23.2 Å². The van der Waals surface area contributed by atoms with Gasteiger partial charge in [0, 0.05) is 22.0 Å². The summed E-state index contributed by atoms with van der Waals surface area (Å²) in [6.07, 6.45) is 6.86. The Balaban J connectivity index is 2.09. The van der Waals surface area contributed by atoms with Gasteiger partial charge in [0.1, 0.15) is 0 Å². The van der Waals surface area contributed by atoms with E-state index in [9.17, 15) is 4.79 Å². The lowest BCUT2D eigenvalue weighted by Crippen LogP contribution is -2.00. The van der Waals surface area contributed by atoms with E-state index in [0.29, 0.717) is 5.56 Å². The molecule has 4 heteroatoms. The molecule has 0 spiro atoms. The van der Waals surface area contributed by atoms with Gasteiger partial charge in [0.25, 0.3) is 0 Å². The topological polar surface area (TPSA) is 34.9 Å². The summed E-state index contributed by atoms with van der Waals surface area (Å²) in [5.74, 6) is -0.00652. The van der Waals surface area contributed by atoms with Crippen LogP contribution in [0.15, 0.2) is 30.6 Å². The number of hydrogen-bond acceptors (Lipinski definition) is 3. The number of carbonyl (C=O) groups is 1. The van der Waals surface area contributed by atoms with Gasteiger partial charge in [-0.05, 0) is 45.1 Å². The second-order valence-corrected chi connectivity index (χ2v) is 5.77. The molecule has 0 atom stereocenters. The van der Waals surface area contributed by atoms with Crippen molar-refractivity contribution in [3.63, 3.8) is 0 Å². The molecular formula is C14H16N2OS. The van der Waals surface area contributed by atoms with E-state index in [0.717, 1.165) is 4.88 Å². The van der Waals surface area contributed by atoms with Gasteiger partial charge in [-0.1, -0.05) is 0 Å². The molecule has 2 aromatic rings. The predicted molar refractivity (Wildman–Crippen MR) is 75.0 cm³/mol. The second-order valence-electron chi connectivity index (χ2n) is 4.45. The van der Waals surface area contributed by atoms with Gasteiger partial charge in [-0.15, -0.1) is 11.3 Å². The molecule has 0 aliphatic heterocycles. The largest absolute Gasteiger partial charge is 0.289 e. The molecule has 0 fully saturated rings. The Morgan fingerprint density at radius 3 is 2.78 bits per heavy atom. The lowest BCUT2D eigenvalue weighted by atomic mass is 10.2. The summed E-state index contributed by atoms with van der Waals surface area (Å²) in [7, 11) is 0. The van der Waals surface area contributed by atoms with Crippen LogP contribution < -0.4 is 0 Å². The van der Waals surface area contributed by atoms with Crippen molar-refractivity contribution in [3.05, 3.63) is 45.9 Å². The third kappa shape index (κ3) is 2.96. The van der Waals surface area contributed by atoms with Crippen LogP contribution in [0, 0.1) is 6.92 Å². The number of hydrogen-bond donors (Lipinski definition) is 0. The fourth-order valence-electron chi connectivity index (χ4n) is 1.54. The van der Waals surface area contributed by atoms with Crippen molar-refractivity contribution in [1.29, 1.82) is 0 Å². The van der Waals surface area contributed by atoms with Gasteiger partial charge in [0.05, 0.1) is 11.8 Å². The van der Waals surface area contributed by atoms with Crippen LogP contribution in [0.5, 0.6) is 0 Å². The quantitative estimate of drug-likeness (QED) is 0.620. The van der Waals surface area contributed by atoms with Gasteiger partial charge < -0.3 is 0 Å². The fraction of sp³-hybridized carbons (Fsp3) is 0.286. The summed E-state index contributed by atoms with van der Waals surface area (Å²) in [4.78, 5) is 14.3. The van der Waals surface area contributed by atoms with Crippen molar-refractivity contribution in [2.45, 2.75) is 26.8 Å². The van der Waals surface area contributed by atoms with Crippen LogP contribution >= 0.6 is 11.3 Å². The number of aryl methyl sites for hydroxylation is 1. The van der Waals surface area contributed by atoms with E-state index in [1.807, 2.05) is 32.1 Å². The minimum absolute atomic E-state index is 0.00652. The Morgan fingerprint density at radius 1 is 1.44 bits per heavy atom. The molecule has 0 aliphatic carbocycles. The predicted octanol–water partition coefficient (Wildman–Crippen LogP) is 3.73. The summed E-state index contributed by atoms with van der Waals surface area (Å²) in [6, 6.07) is 4.34. The standard InChI is InChI=1S/C14H16N2OS/c1-10(2)16-9-12(8-15-16)14(17)7-6-13-5-4-11(3)18-13/h4-10H,1-3H3/b7-6+. The molecular weight excluding hydrogens is 244 g/mol. The maximum Gasteiger partial charge on any atom is 0.189 e. The van der Waals surface area contributed by atoms with Crippen LogP contribution in [0.1, 0.15) is 40.0 Å². The van der Waals surface area contributed by atoms with Crippen molar-refractivity contribution in [1.82, 2.24) is 9.78 Å². The molecule has 0 N–H and O–H groups in total. The Hall–Kier alpha value is -1.68. The van der Waals surface area contributed by atoms with E-state index in [-0.39, 0.29) is 11.8 Å². The molecule has 2 aromatic heterocycles. The van der Waals surface area contributed by atoms with E-state index >= 15 is 0 Å². The monoisotopic (exact) mass is 260 g/mol. The third-order valence-corrected chi connectivity index (χ3v) is 3.54. The molecule has 3 nitrogen and oxygen atoms in total. The number of rotatable bonds is 4. The Bertz CT molecular complexity index is 578. The molecule has 0 saturated heterocycles. The first-order chi connectivity index (χ1) is 8.56. The number of nitrogens with zero attached hydrogens (tertiary/aromatic N) is 2. The average Bonchev–Trinajstić information content (AvgIpc) is 2.94. The number of thiophene rings is 1. The van der Waals surface area contributed by atoms with Crippen molar-refractivity contribution in [2.24, 2.45) is 0 Å². The number of carbonyl (C=O) groups excluding carboxylic acids is 1. The molecule has 0 bridgehead atoms. The summed E-state index contributed by atoms with van der Waals surface area (Å²) in [5, 5.41) is 4.16. The van der Waals surface area contributed by atoms with Crippen LogP contribution in [-0.4, -0.2) is 15.6 Å². The number of aromatic nitrogens is 2. The highest BCUT2D eigenvalue weighted by atomic mass is 32.1. The van der Waals surface area contributed by atoms with Crippen molar-refractivity contribution in [2.75, 3.05) is 0 Å². The smallest absolute Gasteiger partial charge is 0.189 e. The summed E-state index contributed by atoms with van der Waals surface area (Å²) in [5.41, 5.74) is 0.633. The van der Waals surface area contributed by atoms with Crippen molar-refractivity contribution < 1.29 is 4.79 Å². The molecule has 0 amide bonds. The van der Waals surface area contributed by atoms with Crippen molar-refractivity contribution in [3.8, 4) is 0 Å². The average molecular weight is 260 g/mol. The Labute approximate surface area is 111 Å². The Morgan fingerprint density at radius 2 is 2.22 bits per heavy atom. The highest BCUT2D eigenvalue weighted by Gasteiger charge is 2.07. The summed E-state index contributed by atoms with van der Waals surface area (Å²) in [6.45, 7) is 6.12. The van der Waals surface area contributed by atoms with E-state index < -0.39 is 0 Å². The van der Waals surface area contributed by atoms with Crippen LogP contribution in [0.25, 0.3) is 6.08 Å². The van der Waals surface area contributed by atoms with E-state index in [1.54, 1.807) is 34.5 Å². The zero-order valence-corrected chi connectivity index (χ0v) is 11.6. The van der Waals surface area contributed by atoms with Gasteiger partial charge in [-0.25, -0.2) is 0 Å². The van der Waals surface area contributed by atoms with Crippen LogP contribution in [0.4, 0.5) is 0 Å². The highest BCUT2D eigenvalue weighted by molar-refractivity contribution is 7.12. The lowest BCUT2D eigenvalue weighted by molar-refractivity contribution is 0.104. The molecule has 94 valence electrons. The maximum absolute atomic E-state index is 11.9. The zero-order valence-electron chi connectivity index (χ0n) is 10.8. The zero-order chi connectivity index (χ0) is 13.1. The molecule has 0 aromatic carbocycles. The third-order valence-electron chi connectivity index (χ3n) is 2.58.